The van der Waals surface area contributed by atoms with Crippen molar-refractivity contribution >= 4 is 44.0 Å². The zero-order valence-electron chi connectivity index (χ0n) is 15.2. The second kappa shape index (κ2) is 8.54. The largest absolute Gasteiger partial charge is 0.497 e. The Morgan fingerprint density at radius 3 is 2.67 bits per heavy atom. The quantitative estimate of drug-likeness (QED) is 0.528. The highest BCUT2D eigenvalue weighted by atomic mass is 79.9. The smallest absolute Gasteiger partial charge is 0.263 e. The summed E-state index contributed by atoms with van der Waals surface area (Å²) in [5.41, 5.74) is 2.61. The van der Waals surface area contributed by atoms with Crippen LogP contribution in [-0.4, -0.2) is 18.0 Å². The Labute approximate surface area is 170 Å². The number of nitrogens with one attached hydrogen (secondary N) is 2. The summed E-state index contributed by atoms with van der Waals surface area (Å²) < 4.78 is 6.26. The van der Waals surface area contributed by atoms with Crippen molar-refractivity contribution < 1.29 is 9.53 Å². The summed E-state index contributed by atoms with van der Waals surface area (Å²) in [6, 6.07) is 15.3. The zero-order valence-corrected chi connectivity index (χ0v) is 17.6. The molecule has 3 rings (SSSR count). The van der Waals surface area contributed by atoms with Gasteiger partial charge in [-0.3, -0.25) is 4.79 Å². The fourth-order valence-electron chi connectivity index (χ4n) is 2.57. The van der Waals surface area contributed by atoms with Gasteiger partial charge in [-0.05, 0) is 55.8 Å². The molecule has 0 radical (unpaired) electrons. The number of hydrogen-bond donors (Lipinski definition) is 2. The van der Waals surface area contributed by atoms with Gasteiger partial charge in [-0.25, -0.2) is 4.98 Å². The third-order valence-electron chi connectivity index (χ3n) is 4.04. The van der Waals surface area contributed by atoms with Crippen LogP contribution in [0.4, 0.5) is 10.8 Å². The summed E-state index contributed by atoms with van der Waals surface area (Å²) in [6.07, 6.45) is 0. The number of halogens is 1. The average Bonchev–Trinajstić information content (AvgIpc) is 3.04. The molecule has 1 amide bonds. The molecule has 0 unspecified atom stereocenters. The van der Waals surface area contributed by atoms with Crippen LogP contribution in [0, 0.1) is 6.92 Å². The SMILES string of the molecule is COc1cccc([C@@H](C)NC(=O)c2sc(Nc3ccc(Br)cc3)nc2C)c1. The standard InChI is InChI=1S/C20H20BrN3O2S/c1-12(14-5-4-6-17(11-14)26-3)22-19(25)18-13(2)23-20(27-18)24-16-9-7-15(21)8-10-16/h4-12H,1-3H3,(H,22,25)(H,23,24)/t12-/m1/s1. The van der Waals surface area contributed by atoms with E-state index in [2.05, 4.69) is 31.5 Å². The summed E-state index contributed by atoms with van der Waals surface area (Å²) in [4.78, 5) is 17.8. The molecule has 3 aromatic rings. The Morgan fingerprint density at radius 1 is 1.22 bits per heavy atom. The lowest BCUT2D eigenvalue weighted by atomic mass is 10.1. The number of rotatable bonds is 6. The first kappa shape index (κ1) is 19.4. The van der Waals surface area contributed by atoms with Crippen LogP contribution in [0.25, 0.3) is 0 Å². The van der Waals surface area contributed by atoms with Crippen LogP contribution in [0.3, 0.4) is 0 Å². The lowest BCUT2D eigenvalue weighted by molar-refractivity contribution is 0.0943. The number of aryl methyl sites for hydroxylation is 1. The number of methoxy groups -OCH3 is 1. The maximum atomic E-state index is 12.7. The second-order valence-corrected chi connectivity index (χ2v) is 7.95. The number of aromatic nitrogens is 1. The van der Waals surface area contributed by atoms with Gasteiger partial charge in [0, 0.05) is 10.2 Å². The van der Waals surface area contributed by atoms with Crippen LogP contribution in [0.1, 0.15) is 33.9 Å². The highest BCUT2D eigenvalue weighted by Crippen LogP contribution is 2.27. The highest BCUT2D eigenvalue weighted by Gasteiger charge is 2.18. The first-order chi connectivity index (χ1) is 13.0. The Morgan fingerprint density at radius 2 is 1.96 bits per heavy atom. The number of anilines is 2. The maximum Gasteiger partial charge on any atom is 0.263 e. The molecule has 7 heteroatoms. The van der Waals surface area contributed by atoms with Gasteiger partial charge in [0.1, 0.15) is 10.6 Å². The van der Waals surface area contributed by atoms with Gasteiger partial charge in [0.25, 0.3) is 5.91 Å². The number of amides is 1. The van der Waals surface area contributed by atoms with Gasteiger partial charge in [-0.1, -0.05) is 39.4 Å². The lowest BCUT2D eigenvalue weighted by Crippen LogP contribution is -2.26. The topological polar surface area (TPSA) is 63.2 Å². The van der Waals surface area contributed by atoms with Crippen LogP contribution >= 0.6 is 27.3 Å². The molecule has 0 saturated heterocycles. The first-order valence-corrected chi connectivity index (χ1v) is 10.0. The average molecular weight is 446 g/mol. The van der Waals surface area contributed by atoms with Gasteiger partial charge in [0.15, 0.2) is 5.13 Å². The van der Waals surface area contributed by atoms with Crippen molar-refractivity contribution in [2.45, 2.75) is 19.9 Å². The van der Waals surface area contributed by atoms with Gasteiger partial charge in [-0.15, -0.1) is 0 Å². The summed E-state index contributed by atoms with van der Waals surface area (Å²) in [5.74, 6) is 0.632. The van der Waals surface area contributed by atoms with Gasteiger partial charge >= 0.3 is 0 Å². The predicted molar refractivity (Wildman–Crippen MR) is 113 cm³/mol. The van der Waals surface area contributed by atoms with Crippen molar-refractivity contribution in [2.75, 3.05) is 12.4 Å². The van der Waals surface area contributed by atoms with E-state index in [1.54, 1.807) is 7.11 Å². The first-order valence-electron chi connectivity index (χ1n) is 8.41. The van der Waals surface area contributed by atoms with E-state index in [4.69, 9.17) is 4.74 Å². The molecule has 0 fully saturated rings. The zero-order chi connectivity index (χ0) is 19.4. The number of carbonyl (C=O) groups excluding carboxylic acids is 1. The monoisotopic (exact) mass is 445 g/mol. The molecule has 2 N–H and O–H groups in total. The fraction of sp³-hybridized carbons (Fsp3) is 0.200. The van der Waals surface area contributed by atoms with E-state index < -0.39 is 0 Å². The van der Waals surface area contributed by atoms with Gasteiger partial charge in [0.05, 0.1) is 18.8 Å². The molecule has 0 spiro atoms. The van der Waals surface area contributed by atoms with Gasteiger partial charge in [0.2, 0.25) is 0 Å². The molecule has 27 heavy (non-hydrogen) atoms. The van der Waals surface area contributed by atoms with Crippen molar-refractivity contribution in [3.05, 3.63) is 69.1 Å². The lowest BCUT2D eigenvalue weighted by Gasteiger charge is -2.14. The molecular formula is C20H20BrN3O2S. The Hall–Kier alpha value is -2.38. The van der Waals surface area contributed by atoms with Crippen molar-refractivity contribution in [3.63, 3.8) is 0 Å². The molecule has 2 aromatic carbocycles. The molecule has 1 heterocycles. The molecule has 5 nitrogen and oxygen atoms in total. The van der Waals surface area contributed by atoms with Crippen molar-refractivity contribution in [1.29, 1.82) is 0 Å². The van der Waals surface area contributed by atoms with Crippen LogP contribution in [-0.2, 0) is 0 Å². The van der Waals surface area contributed by atoms with Crippen molar-refractivity contribution in [3.8, 4) is 5.75 Å². The summed E-state index contributed by atoms with van der Waals surface area (Å²) in [6.45, 7) is 3.79. The molecule has 0 aliphatic heterocycles. The Balaban J connectivity index is 1.71. The minimum atomic E-state index is -0.142. The van der Waals surface area contributed by atoms with Gasteiger partial charge < -0.3 is 15.4 Å². The number of ether oxygens (including phenoxy) is 1. The van der Waals surface area contributed by atoms with E-state index in [1.807, 2.05) is 62.4 Å². The summed E-state index contributed by atoms with van der Waals surface area (Å²) >= 11 is 4.76. The number of hydrogen-bond acceptors (Lipinski definition) is 5. The molecule has 0 bridgehead atoms. The Bertz CT molecular complexity index is 941. The second-order valence-electron chi connectivity index (χ2n) is 6.04. The molecule has 0 aliphatic carbocycles. The fourth-order valence-corrected chi connectivity index (χ4v) is 3.73. The van der Waals surface area contributed by atoms with E-state index in [-0.39, 0.29) is 11.9 Å². The van der Waals surface area contributed by atoms with E-state index >= 15 is 0 Å². The number of benzene rings is 2. The minimum absolute atomic E-state index is 0.135. The minimum Gasteiger partial charge on any atom is -0.497 e. The third-order valence-corrected chi connectivity index (χ3v) is 5.64. The molecule has 1 aromatic heterocycles. The summed E-state index contributed by atoms with van der Waals surface area (Å²) in [5, 5.41) is 6.96. The highest BCUT2D eigenvalue weighted by molar-refractivity contribution is 9.10. The number of carbonyl (C=O) groups is 1. The number of thiazole rings is 1. The maximum absolute atomic E-state index is 12.7. The molecule has 1 atom stereocenters. The third kappa shape index (κ3) is 4.87. The van der Waals surface area contributed by atoms with Crippen molar-refractivity contribution in [2.24, 2.45) is 0 Å². The van der Waals surface area contributed by atoms with Crippen molar-refractivity contribution in [1.82, 2.24) is 10.3 Å². The molecular weight excluding hydrogens is 426 g/mol. The Kier molecular flexibility index (Phi) is 6.13. The van der Waals surface area contributed by atoms with E-state index in [9.17, 15) is 4.79 Å². The van der Waals surface area contributed by atoms with Gasteiger partial charge in [-0.2, -0.15) is 0 Å². The van der Waals surface area contributed by atoms with E-state index in [0.717, 1.165) is 21.5 Å². The van der Waals surface area contributed by atoms with E-state index in [1.165, 1.54) is 11.3 Å². The molecule has 140 valence electrons. The summed E-state index contributed by atoms with van der Waals surface area (Å²) in [7, 11) is 1.63. The molecule has 0 saturated carbocycles. The van der Waals surface area contributed by atoms with Crippen LogP contribution in [0.2, 0.25) is 0 Å². The van der Waals surface area contributed by atoms with Crippen LogP contribution in [0.5, 0.6) is 5.75 Å². The van der Waals surface area contributed by atoms with Crippen LogP contribution in [0.15, 0.2) is 53.0 Å². The molecule has 0 aliphatic rings. The number of nitrogens with zero attached hydrogens (tertiary/aromatic N) is 1. The normalized spacial score (nSPS) is 11.7. The predicted octanol–water partition coefficient (Wildman–Crippen LogP) is 5.46. The van der Waals surface area contributed by atoms with E-state index in [0.29, 0.717) is 15.7 Å². The van der Waals surface area contributed by atoms with Crippen LogP contribution < -0.4 is 15.4 Å².